The number of thiophene rings is 1. The number of hydrogen-bond acceptors (Lipinski definition) is 3. The van der Waals surface area contributed by atoms with Gasteiger partial charge in [-0.15, -0.1) is 11.3 Å². The van der Waals surface area contributed by atoms with E-state index in [-0.39, 0.29) is 0 Å². The monoisotopic (exact) mass is 655 g/mol. The molecule has 0 aliphatic carbocycles. The molecular weight excluding hydrogens is 627 g/mol. The fraction of sp³-hybridized carbons (Fsp3) is 0. The van der Waals surface area contributed by atoms with E-state index in [9.17, 15) is 0 Å². The maximum absolute atomic E-state index is 5.36. The van der Waals surface area contributed by atoms with Crippen molar-refractivity contribution >= 4 is 53.3 Å². The summed E-state index contributed by atoms with van der Waals surface area (Å²) in [5.41, 5.74) is 10.9. The first-order valence-electron chi connectivity index (χ1n) is 16.8. The van der Waals surface area contributed by atoms with Gasteiger partial charge in [-0.2, -0.15) is 0 Å². The second-order valence-corrected chi connectivity index (χ2v) is 13.7. The quantitative estimate of drug-likeness (QED) is 0.185. The molecule has 4 heteroatoms. The van der Waals surface area contributed by atoms with Gasteiger partial charge in [0.25, 0.3) is 0 Å². The largest absolute Gasteiger partial charge is 0.278 e. The highest BCUT2D eigenvalue weighted by Gasteiger charge is 2.18. The van der Waals surface area contributed by atoms with Crippen LogP contribution >= 0.6 is 11.3 Å². The summed E-state index contributed by atoms with van der Waals surface area (Å²) in [7, 11) is 0. The van der Waals surface area contributed by atoms with Gasteiger partial charge in [-0.1, -0.05) is 152 Å². The molecular formula is C46H29N3S. The average Bonchev–Trinajstić information content (AvgIpc) is 3.74. The lowest BCUT2D eigenvalue weighted by Crippen LogP contribution is -2.04. The SMILES string of the molecule is c1ccc(-c2ccc3c4ccccc4n(-c4nc(-c5ccccc5)cc(-c5ccc6c(c5)sc5c(-c7ccccc7)cccc56)n4)c3c2)cc1. The molecule has 0 fully saturated rings. The highest BCUT2D eigenvalue weighted by molar-refractivity contribution is 7.26. The number of hydrogen-bond donors (Lipinski definition) is 0. The summed E-state index contributed by atoms with van der Waals surface area (Å²) in [6.45, 7) is 0. The van der Waals surface area contributed by atoms with Crippen LogP contribution in [-0.2, 0) is 0 Å². The van der Waals surface area contributed by atoms with Gasteiger partial charge in [0.15, 0.2) is 0 Å². The smallest absolute Gasteiger partial charge is 0.235 e. The van der Waals surface area contributed by atoms with Crippen LogP contribution in [0.2, 0.25) is 0 Å². The molecule has 7 aromatic carbocycles. The molecule has 0 unspecified atom stereocenters. The van der Waals surface area contributed by atoms with Crippen molar-refractivity contribution in [3.05, 3.63) is 176 Å². The average molecular weight is 656 g/mol. The fourth-order valence-corrected chi connectivity index (χ4v) is 8.52. The Balaban J connectivity index is 1.20. The van der Waals surface area contributed by atoms with Gasteiger partial charge in [0.05, 0.1) is 22.4 Å². The summed E-state index contributed by atoms with van der Waals surface area (Å²) in [6.07, 6.45) is 0. The number of nitrogens with zero attached hydrogens (tertiary/aromatic N) is 3. The van der Waals surface area contributed by atoms with E-state index in [2.05, 4.69) is 174 Å². The van der Waals surface area contributed by atoms with E-state index >= 15 is 0 Å². The topological polar surface area (TPSA) is 30.7 Å². The number of aromatic nitrogens is 3. The Hall–Kier alpha value is -6.36. The van der Waals surface area contributed by atoms with Crippen LogP contribution in [0.15, 0.2) is 176 Å². The Kier molecular flexibility index (Phi) is 6.68. The zero-order chi connectivity index (χ0) is 33.0. The molecule has 0 amide bonds. The zero-order valence-corrected chi connectivity index (χ0v) is 27.8. The van der Waals surface area contributed by atoms with Crippen molar-refractivity contribution in [3.63, 3.8) is 0 Å². The molecule has 0 N–H and O–H groups in total. The lowest BCUT2D eigenvalue weighted by atomic mass is 10.0. The molecule has 10 rings (SSSR count). The molecule has 3 heterocycles. The molecule has 234 valence electrons. The van der Waals surface area contributed by atoms with E-state index in [1.807, 2.05) is 17.4 Å². The lowest BCUT2D eigenvalue weighted by Gasteiger charge is -2.12. The summed E-state index contributed by atoms with van der Waals surface area (Å²) in [5, 5.41) is 4.90. The van der Waals surface area contributed by atoms with Crippen LogP contribution in [0.25, 0.3) is 92.7 Å². The zero-order valence-electron chi connectivity index (χ0n) is 27.0. The maximum Gasteiger partial charge on any atom is 0.235 e. The Bertz CT molecular complexity index is 2850. The summed E-state index contributed by atoms with van der Waals surface area (Å²) in [4.78, 5) is 10.6. The molecule has 50 heavy (non-hydrogen) atoms. The van der Waals surface area contributed by atoms with Crippen molar-refractivity contribution in [2.75, 3.05) is 0 Å². The Morgan fingerprint density at radius 1 is 0.380 bits per heavy atom. The Labute approximate surface area is 293 Å². The van der Waals surface area contributed by atoms with Gasteiger partial charge in [-0.25, -0.2) is 9.97 Å². The number of benzene rings is 7. The third kappa shape index (κ3) is 4.73. The molecule has 0 saturated carbocycles. The maximum atomic E-state index is 5.36. The first-order valence-corrected chi connectivity index (χ1v) is 17.6. The summed E-state index contributed by atoms with van der Waals surface area (Å²) in [6, 6.07) is 62.5. The van der Waals surface area contributed by atoms with E-state index in [1.54, 1.807) is 0 Å². The Morgan fingerprint density at radius 3 is 1.76 bits per heavy atom. The summed E-state index contributed by atoms with van der Waals surface area (Å²) < 4.78 is 4.78. The predicted molar refractivity (Wildman–Crippen MR) is 211 cm³/mol. The van der Waals surface area contributed by atoms with Gasteiger partial charge in [-0.3, -0.25) is 4.57 Å². The highest BCUT2D eigenvalue weighted by Crippen LogP contribution is 2.42. The van der Waals surface area contributed by atoms with Crippen LogP contribution in [0, 0.1) is 0 Å². The van der Waals surface area contributed by atoms with E-state index in [0.717, 1.165) is 39.1 Å². The second-order valence-electron chi connectivity index (χ2n) is 12.6. The van der Waals surface area contributed by atoms with Crippen molar-refractivity contribution in [3.8, 4) is 50.7 Å². The Morgan fingerprint density at radius 2 is 0.980 bits per heavy atom. The number of para-hydroxylation sites is 1. The van der Waals surface area contributed by atoms with Gasteiger partial charge < -0.3 is 0 Å². The van der Waals surface area contributed by atoms with Crippen molar-refractivity contribution in [2.45, 2.75) is 0 Å². The lowest BCUT2D eigenvalue weighted by molar-refractivity contribution is 0.996. The highest BCUT2D eigenvalue weighted by atomic mass is 32.1. The summed E-state index contributed by atoms with van der Waals surface area (Å²) in [5.74, 6) is 0.653. The van der Waals surface area contributed by atoms with Crippen molar-refractivity contribution in [1.82, 2.24) is 14.5 Å². The molecule has 0 spiro atoms. The van der Waals surface area contributed by atoms with Gasteiger partial charge >= 0.3 is 0 Å². The van der Waals surface area contributed by atoms with Gasteiger partial charge in [0.1, 0.15) is 0 Å². The van der Waals surface area contributed by atoms with Crippen molar-refractivity contribution < 1.29 is 0 Å². The normalized spacial score (nSPS) is 11.6. The first-order chi connectivity index (χ1) is 24.8. The van der Waals surface area contributed by atoms with Crippen molar-refractivity contribution in [1.29, 1.82) is 0 Å². The van der Waals surface area contributed by atoms with E-state index < -0.39 is 0 Å². The van der Waals surface area contributed by atoms with Crippen LogP contribution < -0.4 is 0 Å². The van der Waals surface area contributed by atoms with E-state index in [1.165, 1.54) is 47.6 Å². The van der Waals surface area contributed by atoms with Crippen LogP contribution in [-0.4, -0.2) is 14.5 Å². The molecule has 0 saturated heterocycles. The van der Waals surface area contributed by atoms with Gasteiger partial charge in [-0.05, 0) is 46.5 Å². The van der Waals surface area contributed by atoms with Gasteiger partial charge in [0, 0.05) is 42.1 Å². The van der Waals surface area contributed by atoms with Crippen LogP contribution in [0.5, 0.6) is 0 Å². The minimum atomic E-state index is 0.653. The van der Waals surface area contributed by atoms with Crippen LogP contribution in [0.3, 0.4) is 0 Å². The van der Waals surface area contributed by atoms with Crippen LogP contribution in [0.1, 0.15) is 0 Å². The third-order valence-electron chi connectivity index (χ3n) is 9.64. The molecule has 0 aliphatic heterocycles. The molecule has 3 nitrogen and oxygen atoms in total. The number of rotatable bonds is 5. The molecule has 0 radical (unpaired) electrons. The third-order valence-corrected chi connectivity index (χ3v) is 10.8. The summed E-state index contributed by atoms with van der Waals surface area (Å²) >= 11 is 1.85. The standard InChI is InChI=1S/C46H29N3S/c1-4-13-30(14-5-1)33-23-25-37-36-19-10-11-22-42(36)49(43(37)27-33)46-47-40(32-17-8-3-9-18-32)29-41(48-46)34-24-26-38-39-21-12-20-35(31-15-6-2-7-16-31)45(39)50-44(38)28-34/h1-29H. The molecule has 3 aromatic heterocycles. The number of fused-ring (bicyclic) bond motifs is 6. The van der Waals surface area contributed by atoms with Gasteiger partial charge in [0.2, 0.25) is 5.95 Å². The molecule has 0 aliphatic rings. The van der Waals surface area contributed by atoms with Crippen LogP contribution in [0.4, 0.5) is 0 Å². The molecule has 0 bridgehead atoms. The predicted octanol–water partition coefficient (Wildman–Crippen LogP) is 12.6. The van der Waals surface area contributed by atoms with Crippen molar-refractivity contribution in [2.24, 2.45) is 0 Å². The minimum absolute atomic E-state index is 0.653. The first kappa shape index (κ1) is 28.6. The minimum Gasteiger partial charge on any atom is -0.278 e. The molecule has 10 aromatic rings. The van der Waals surface area contributed by atoms with E-state index in [4.69, 9.17) is 9.97 Å². The fourth-order valence-electron chi connectivity index (χ4n) is 7.24. The second kappa shape index (κ2) is 11.7. The van der Waals surface area contributed by atoms with E-state index in [0.29, 0.717) is 5.95 Å². The molecule has 0 atom stereocenters.